The number of aryl methyl sites for hydroxylation is 1. The average Bonchev–Trinajstić information content (AvgIpc) is 2.63. The van der Waals surface area contributed by atoms with E-state index in [2.05, 4.69) is 57.0 Å². The van der Waals surface area contributed by atoms with E-state index < -0.39 is 0 Å². The van der Waals surface area contributed by atoms with E-state index in [9.17, 15) is 0 Å². The number of hydrogen-bond acceptors (Lipinski definition) is 5. The van der Waals surface area contributed by atoms with Crippen LogP contribution < -0.4 is 10.6 Å². The van der Waals surface area contributed by atoms with Crippen molar-refractivity contribution in [2.24, 2.45) is 0 Å². The highest BCUT2D eigenvalue weighted by Gasteiger charge is 2.03. The minimum Gasteiger partial charge on any atom is -0.368 e. The van der Waals surface area contributed by atoms with Gasteiger partial charge in [-0.15, -0.1) is 5.10 Å². The number of halogens is 2. The van der Waals surface area contributed by atoms with E-state index in [0.29, 0.717) is 34.9 Å². The Morgan fingerprint density at radius 1 is 1.00 bits per heavy atom. The smallest absolute Gasteiger partial charge is 0.244 e. The van der Waals surface area contributed by atoms with Gasteiger partial charge in [0.2, 0.25) is 5.95 Å². The van der Waals surface area contributed by atoms with Gasteiger partial charge < -0.3 is 10.6 Å². The Labute approximate surface area is 162 Å². The van der Waals surface area contributed by atoms with Crippen LogP contribution >= 0.6 is 23.2 Å². The van der Waals surface area contributed by atoms with Crippen LogP contribution in [0.3, 0.4) is 0 Å². The van der Waals surface area contributed by atoms with Crippen molar-refractivity contribution in [1.29, 1.82) is 0 Å². The molecule has 1 aromatic heterocycles. The van der Waals surface area contributed by atoms with Crippen molar-refractivity contribution >= 4 is 35.0 Å². The number of aromatic nitrogens is 3. The first-order valence-electron chi connectivity index (χ1n) is 8.27. The summed E-state index contributed by atoms with van der Waals surface area (Å²) in [6.07, 6.45) is 2.35. The molecule has 0 amide bonds. The molecule has 5 nitrogen and oxygen atoms in total. The van der Waals surface area contributed by atoms with Crippen LogP contribution in [0.15, 0.2) is 48.7 Å². The normalized spacial score (nSPS) is 10.6. The predicted octanol–water partition coefficient (Wildman–Crippen LogP) is 4.75. The fourth-order valence-electron chi connectivity index (χ4n) is 2.40. The van der Waals surface area contributed by atoms with Gasteiger partial charge in [0.25, 0.3) is 0 Å². The van der Waals surface area contributed by atoms with Gasteiger partial charge in [-0.25, -0.2) is 0 Å². The number of rotatable bonds is 7. The summed E-state index contributed by atoms with van der Waals surface area (Å²) in [6.45, 7) is 3.39. The minimum atomic E-state index is 0.486. The van der Waals surface area contributed by atoms with E-state index in [1.54, 1.807) is 12.3 Å². The van der Waals surface area contributed by atoms with Crippen LogP contribution in [0.25, 0.3) is 0 Å². The molecule has 0 aliphatic carbocycles. The van der Waals surface area contributed by atoms with Crippen LogP contribution in [0, 0.1) is 6.92 Å². The number of hydrogen-bond donors (Lipinski definition) is 2. The maximum absolute atomic E-state index is 6.19. The molecule has 7 heteroatoms. The molecule has 0 radical (unpaired) electrons. The largest absolute Gasteiger partial charge is 0.368 e. The van der Waals surface area contributed by atoms with Gasteiger partial charge in [0, 0.05) is 23.1 Å². The van der Waals surface area contributed by atoms with Crippen LogP contribution in [0.5, 0.6) is 0 Å². The van der Waals surface area contributed by atoms with Crippen LogP contribution in [0.4, 0.5) is 11.8 Å². The number of benzene rings is 2. The summed E-state index contributed by atoms with van der Waals surface area (Å²) in [5.74, 6) is 1.15. The van der Waals surface area contributed by atoms with Gasteiger partial charge >= 0.3 is 0 Å². The molecule has 0 saturated heterocycles. The van der Waals surface area contributed by atoms with Gasteiger partial charge in [-0.1, -0.05) is 59.1 Å². The second-order valence-electron chi connectivity index (χ2n) is 5.92. The first-order valence-corrected chi connectivity index (χ1v) is 9.03. The minimum absolute atomic E-state index is 0.486. The molecule has 26 heavy (non-hydrogen) atoms. The molecule has 2 aromatic carbocycles. The molecule has 0 saturated carbocycles. The molecular weight excluding hydrogens is 369 g/mol. The zero-order valence-electron chi connectivity index (χ0n) is 14.3. The second kappa shape index (κ2) is 8.83. The lowest BCUT2D eigenvalue weighted by Gasteiger charge is -2.09. The summed E-state index contributed by atoms with van der Waals surface area (Å²) >= 11 is 12.1. The Morgan fingerprint density at radius 3 is 2.58 bits per heavy atom. The lowest BCUT2D eigenvalue weighted by atomic mass is 10.1. The van der Waals surface area contributed by atoms with Gasteiger partial charge in [0.15, 0.2) is 5.82 Å². The Hall–Kier alpha value is -2.37. The van der Waals surface area contributed by atoms with Gasteiger partial charge in [-0.05, 0) is 36.6 Å². The fraction of sp³-hybridized carbons (Fsp3) is 0.211. The number of anilines is 2. The third-order valence-electron chi connectivity index (χ3n) is 3.85. The average molecular weight is 388 g/mol. The number of nitrogens with zero attached hydrogens (tertiary/aromatic N) is 3. The molecular formula is C19H19Cl2N5. The van der Waals surface area contributed by atoms with Gasteiger partial charge in [0.05, 0.1) is 6.20 Å². The molecule has 2 N–H and O–H groups in total. The van der Waals surface area contributed by atoms with Crippen LogP contribution in [0.1, 0.15) is 16.7 Å². The van der Waals surface area contributed by atoms with Crippen molar-refractivity contribution in [2.75, 3.05) is 17.2 Å². The first kappa shape index (κ1) is 18.4. The Kier molecular flexibility index (Phi) is 6.26. The summed E-state index contributed by atoms with van der Waals surface area (Å²) in [5.41, 5.74) is 3.43. The molecule has 0 fully saturated rings. The lowest BCUT2D eigenvalue weighted by molar-refractivity contribution is 0.928. The van der Waals surface area contributed by atoms with Crippen molar-refractivity contribution in [2.45, 2.75) is 19.9 Å². The van der Waals surface area contributed by atoms with Crippen LogP contribution in [-0.4, -0.2) is 21.7 Å². The van der Waals surface area contributed by atoms with E-state index in [0.717, 1.165) is 17.5 Å². The Balaban J connectivity index is 1.52. The van der Waals surface area contributed by atoms with Crippen molar-refractivity contribution in [3.05, 3.63) is 75.4 Å². The SMILES string of the molecule is Cc1ccc(CNc2nncc(NCCc3ccc(Cl)cc3Cl)n2)cc1. The zero-order valence-corrected chi connectivity index (χ0v) is 15.8. The molecule has 0 unspecified atom stereocenters. The van der Waals surface area contributed by atoms with Crippen LogP contribution in [0.2, 0.25) is 10.0 Å². The Bertz CT molecular complexity index is 868. The summed E-state index contributed by atoms with van der Waals surface area (Å²) in [7, 11) is 0. The molecule has 0 atom stereocenters. The topological polar surface area (TPSA) is 62.7 Å². The molecule has 0 bridgehead atoms. The Morgan fingerprint density at radius 2 is 1.81 bits per heavy atom. The van der Waals surface area contributed by atoms with Gasteiger partial charge in [-0.3, -0.25) is 0 Å². The third kappa shape index (κ3) is 5.31. The summed E-state index contributed by atoms with van der Waals surface area (Å²) < 4.78 is 0. The van der Waals surface area contributed by atoms with E-state index in [-0.39, 0.29) is 0 Å². The summed E-state index contributed by atoms with van der Waals surface area (Å²) in [4.78, 5) is 4.42. The molecule has 0 aliphatic heterocycles. The summed E-state index contributed by atoms with van der Waals surface area (Å²) in [6, 6.07) is 13.8. The van der Waals surface area contributed by atoms with Crippen molar-refractivity contribution < 1.29 is 0 Å². The maximum atomic E-state index is 6.19. The number of nitrogens with one attached hydrogen (secondary N) is 2. The lowest BCUT2D eigenvalue weighted by Crippen LogP contribution is -2.10. The van der Waals surface area contributed by atoms with E-state index in [1.807, 2.05) is 12.1 Å². The first-order chi connectivity index (χ1) is 12.6. The van der Waals surface area contributed by atoms with E-state index >= 15 is 0 Å². The van der Waals surface area contributed by atoms with E-state index in [4.69, 9.17) is 23.2 Å². The van der Waals surface area contributed by atoms with Crippen molar-refractivity contribution in [1.82, 2.24) is 15.2 Å². The molecule has 3 rings (SSSR count). The van der Waals surface area contributed by atoms with Gasteiger partial charge in [-0.2, -0.15) is 10.1 Å². The van der Waals surface area contributed by atoms with Crippen LogP contribution in [-0.2, 0) is 13.0 Å². The monoisotopic (exact) mass is 387 g/mol. The fourth-order valence-corrected chi connectivity index (χ4v) is 2.90. The molecule has 134 valence electrons. The second-order valence-corrected chi connectivity index (χ2v) is 6.76. The molecule has 1 heterocycles. The zero-order chi connectivity index (χ0) is 18.4. The molecule has 0 spiro atoms. The quantitative estimate of drug-likeness (QED) is 0.612. The molecule has 0 aliphatic rings. The van der Waals surface area contributed by atoms with Gasteiger partial charge in [0.1, 0.15) is 0 Å². The van der Waals surface area contributed by atoms with Crippen molar-refractivity contribution in [3.8, 4) is 0 Å². The third-order valence-corrected chi connectivity index (χ3v) is 4.43. The summed E-state index contributed by atoms with van der Waals surface area (Å²) in [5, 5.41) is 15.7. The highest BCUT2D eigenvalue weighted by molar-refractivity contribution is 6.35. The molecule has 3 aromatic rings. The predicted molar refractivity (Wildman–Crippen MR) is 107 cm³/mol. The van der Waals surface area contributed by atoms with Crippen molar-refractivity contribution in [3.63, 3.8) is 0 Å². The highest BCUT2D eigenvalue weighted by Crippen LogP contribution is 2.21. The maximum Gasteiger partial charge on any atom is 0.244 e. The highest BCUT2D eigenvalue weighted by atomic mass is 35.5. The van der Waals surface area contributed by atoms with E-state index in [1.165, 1.54) is 5.56 Å². The standard InChI is InChI=1S/C19H19Cl2N5/c1-13-2-4-14(5-3-13)11-23-19-25-18(12-24-26-19)22-9-8-15-6-7-16(20)10-17(15)21/h2-7,10,12H,8-9,11H2,1H3,(H2,22,23,25,26).